The van der Waals surface area contributed by atoms with Crippen LogP contribution in [0.4, 0.5) is 0 Å². The molecular formula is C9H18O2S2. The zero-order valence-corrected chi connectivity index (χ0v) is 10.2. The van der Waals surface area contributed by atoms with Crippen molar-refractivity contribution in [1.29, 1.82) is 0 Å². The third kappa shape index (κ3) is 2.01. The van der Waals surface area contributed by atoms with Crippen molar-refractivity contribution in [2.45, 2.75) is 42.6 Å². The molecule has 0 radical (unpaired) electrons. The summed E-state index contributed by atoms with van der Waals surface area (Å²) in [5, 5.41) is 19.0. The van der Waals surface area contributed by atoms with Crippen LogP contribution in [0.15, 0.2) is 0 Å². The van der Waals surface area contributed by atoms with Crippen molar-refractivity contribution in [2.75, 3.05) is 0 Å². The topological polar surface area (TPSA) is 40.5 Å². The summed E-state index contributed by atoms with van der Waals surface area (Å²) in [5.74, 6) is 0.906. The van der Waals surface area contributed by atoms with E-state index in [0.717, 1.165) is 0 Å². The first-order chi connectivity index (χ1) is 5.90. The minimum Gasteiger partial charge on any atom is -0.379 e. The molecule has 1 heterocycles. The second kappa shape index (κ2) is 4.01. The quantitative estimate of drug-likeness (QED) is 0.751. The summed E-state index contributed by atoms with van der Waals surface area (Å²) in [6.07, 6.45) is 0. The van der Waals surface area contributed by atoms with Gasteiger partial charge in [-0.15, -0.1) is 23.5 Å². The normalized spacial score (nSPS) is 33.2. The predicted molar refractivity (Wildman–Crippen MR) is 59.6 cm³/mol. The summed E-state index contributed by atoms with van der Waals surface area (Å²) >= 11 is 3.01. The fourth-order valence-electron chi connectivity index (χ4n) is 1.73. The van der Waals surface area contributed by atoms with E-state index in [2.05, 4.69) is 27.7 Å². The summed E-state index contributed by atoms with van der Waals surface area (Å²) in [4.78, 5) is 0. The van der Waals surface area contributed by atoms with Crippen LogP contribution in [0.5, 0.6) is 0 Å². The third-order valence-electron chi connectivity index (χ3n) is 2.46. The Morgan fingerprint density at radius 2 is 1.23 bits per heavy atom. The summed E-state index contributed by atoms with van der Waals surface area (Å²) < 4.78 is -0.0289. The average Bonchev–Trinajstić information content (AvgIpc) is 2.29. The van der Waals surface area contributed by atoms with Gasteiger partial charge in [0, 0.05) is 0 Å². The molecule has 1 aliphatic rings. The molecule has 1 saturated heterocycles. The van der Waals surface area contributed by atoms with Crippen LogP contribution in [0.25, 0.3) is 0 Å². The molecule has 4 heteroatoms. The molecule has 78 valence electrons. The highest BCUT2D eigenvalue weighted by atomic mass is 32.2. The molecule has 0 amide bonds. The summed E-state index contributed by atoms with van der Waals surface area (Å²) in [6, 6.07) is 0. The number of aliphatic hydroxyl groups is 2. The Labute approximate surface area is 88.5 Å². The van der Waals surface area contributed by atoms with E-state index in [9.17, 15) is 10.2 Å². The van der Waals surface area contributed by atoms with Crippen LogP contribution in [-0.2, 0) is 0 Å². The van der Waals surface area contributed by atoms with Crippen LogP contribution >= 0.6 is 23.5 Å². The smallest absolute Gasteiger partial charge is 0.136 e. The largest absolute Gasteiger partial charge is 0.379 e. The number of rotatable bonds is 2. The molecule has 0 bridgehead atoms. The molecule has 0 aromatic rings. The first-order valence-corrected chi connectivity index (χ1v) is 6.38. The van der Waals surface area contributed by atoms with Crippen molar-refractivity contribution in [3.8, 4) is 0 Å². The lowest BCUT2D eigenvalue weighted by Gasteiger charge is -2.35. The van der Waals surface area contributed by atoms with Gasteiger partial charge in [0.15, 0.2) is 0 Å². The van der Waals surface area contributed by atoms with Crippen molar-refractivity contribution in [3.05, 3.63) is 0 Å². The lowest BCUT2D eigenvalue weighted by atomic mass is 9.99. The fourth-order valence-corrected chi connectivity index (χ4v) is 4.96. The Morgan fingerprint density at radius 3 is 1.38 bits per heavy atom. The minimum absolute atomic E-state index is 0.0289. The van der Waals surface area contributed by atoms with Crippen LogP contribution in [0.2, 0.25) is 0 Å². The standard InChI is InChI=1S/C9H18O2S2/c1-5(2)9(6(3)4)12-7(10)8(11)13-9/h5-8,10-11H,1-4H3. The van der Waals surface area contributed by atoms with E-state index in [1.165, 1.54) is 23.5 Å². The Bertz CT molecular complexity index is 162. The maximum absolute atomic E-state index is 9.52. The summed E-state index contributed by atoms with van der Waals surface area (Å²) in [5.41, 5.74) is -1.26. The maximum atomic E-state index is 9.52. The summed E-state index contributed by atoms with van der Waals surface area (Å²) in [7, 11) is 0. The third-order valence-corrected chi connectivity index (χ3v) is 6.83. The molecule has 2 unspecified atom stereocenters. The van der Waals surface area contributed by atoms with E-state index in [0.29, 0.717) is 11.8 Å². The molecule has 0 aliphatic carbocycles. The highest BCUT2D eigenvalue weighted by Crippen LogP contribution is 2.58. The molecule has 1 aliphatic heterocycles. The zero-order valence-electron chi connectivity index (χ0n) is 8.52. The Hall–Kier alpha value is 0.620. The molecule has 2 atom stereocenters. The maximum Gasteiger partial charge on any atom is 0.136 e. The SMILES string of the molecule is CC(C)C1(C(C)C)SC(O)C(O)S1. The first kappa shape index (κ1) is 11.7. The van der Waals surface area contributed by atoms with E-state index in [-0.39, 0.29) is 4.08 Å². The Balaban J connectivity index is 2.83. The molecule has 2 N–H and O–H groups in total. The van der Waals surface area contributed by atoms with Crippen LogP contribution in [-0.4, -0.2) is 25.2 Å². The Kier molecular flexibility index (Phi) is 3.60. The molecule has 0 aromatic heterocycles. The molecule has 2 nitrogen and oxygen atoms in total. The molecule has 0 spiro atoms. The van der Waals surface area contributed by atoms with Crippen LogP contribution in [0.1, 0.15) is 27.7 Å². The highest BCUT2D eigenvalue weighted by Gasteiger charge is 2.49. The van der Waals surface area contributed by atoms with E-state index >= 15 is 0 Å². The van der Waals surface area contributed by atoms with Gasteiger partial charge < -0.3 is 10.2 Å². The van der Waals surface area contributed by atoms with E-state index in [1.54, 1.807) is 0 Å². The molecule has 0 saturated carbocycles. The van der Waals surface area contributed by atoms with Gasteiger partial charge in [0.05, 0.1) is 4.08 Å². The van der Waals surface area contributed by atoms with Gasteiger partial charge in [-0.05, 0) is 11.8 Å². The van der Waals surface area contributed by atoms with Gasteiger partial charge in [-0.3, -0.25) is 0 Å². The van der Waals surface area contributed by atoms with Gasteiger partial charge in [0.1, 0.15) is 10.9 Å². The lowest BCUT2D eigenvalue weighted by molar-refractivity contribution is 0.139. The minimum atomic E-state index is -0.630. The number of hydrogen-bond donors (Lipinski definition) is 2. The van der Waals surface area contributed by atoms with Gasteiger partial charge in [0.25, 0.3) is 0 Å². The van der Waals surface area contributed by atoms with Crippen LogP contribution in [0, 0.1) is 11.8 Å². The second-order valence-electron chi connectivity index (χ2n) is 4.05. The molecule has 0 aromatic carbocycles. The number of aliphatic hydroxyl groups excluding tert-OH is 2. The second-order valence-corrected chi connectivity index (χ2v) is 7.09. The number of thioether (sulfide) groups is 2. The van der Waals surface area contributed by atoms with Gasteiger partial charge in [0.2, 0.25) is 0 Å². The first-order valence-electron chi connectivity index (χ1n) is 4.62. The van der Waals surface area contributed by atoms with Gasteiger partial charge >= 0.3 is 0 Å². The fraction of sp³-hybridized carbons (Fsp3) is 1.00. The van der Waals surface area contributed by atoms with Crippen molar-refractivity contribution in [1.82, 2.24) is 0 Å². The van der Waals surface area contributed by atoms with Crippen LogP contribution in [0.3, 0.4) is 0 Å². The Morgan fingerprint density at radius 1 is 0.923 bits per heavy atom. The lowest BCUT2D eigenvalue weighted by Crippen LogP contribution is -2.31. The molecular weight excluding hydrogens is 204 g/mol. The molecule has 1 rings (SSSR count). The van der Waals surface area contributed by atoms with Gasteiger partial charge in [-0.25, -0.2) is 0 Å². The van der Waals surface area contributed by atoms with E-state index in [4.69, 9.17) is 0 Å². The van der Waals surface area contributed by atoms with Gasteiger partial charge in [-0.1, -0.05) is 27.7 Å². The number of hydrogen-bond acceptors (Lipinski definition) is 4. The van der Waals surface area contributed by atoms with E-state index < -0.39 is 10.9 Å². The average molecular weight is 222 g/mol. The highest BCUT2D eigenvalue weighted by molar-refractivity contribution is 8.21. The monoisotopic (exact) mass is 222 g/mol. The molecule has 1 fully saturated rings. The summed E-state index contributed by atoms with van der Waals surface area (Å²) in [6.45, 7) is 8.57. The van der Waals surface area contributed by atoms with E-state index in [1.807, 2.05) is 0 Å². The zero-order chi connectivity index (χ0) is 10.2. The molecule has 13 heavy (non-hydrogen) atoms. The van der Waals surface area contributed by atoms with Crippen molar-refractivity contribution >= 4 is 23.5 Å². The van der Waals surface area contributed by atoms with Crippen LogP contribution < -0.4 is 0 Å². The van der Waals surface area contributed by atoms with Crippen molar-refractivity contribution < 1.29 is 10.2 Å². The van der Waals surface area contributed by atoms with Gasteiger partial charge in [-0.2, -0.15) is 0 Å². The van der Waals surface area contributed by atoms with Crippen molar-refractivity contribution in [3.63, 3.8) is 0 Å². The van der Waals surface area contributed by atoms with Crippen molar-refractivity contribution in [2.24, 2.45) is 11.8 Å². The predicted octanol–water partition coefficient (Wildman–Crippen LogP) is 2.11.